The number of anilines is 1. The van der Waals surface area contributed by atoms with Crippen LogP contribution in [0.4, 0.5) is 14.7 Å². The molecule has 0 aliphatic heterocycles. The first-order valence-electron chi connectivity index (χ1n) is 8.88. The standard InChI is InChI=1S/C18H16Cl2F2N6O/c19-12-4-1-10(5-13(12)20)7-27-9-23-18(26-27)24-16(29)8-28-15(17(21)22)6-14(25-28)11-2-3-11/h1,4-6,9,11,17H,2-3,7-8H2,(H,24,26,29). The molecule has 29 heavy (non-hydrogen) atoms. The third-order valence-corrected chi connectivity index (χ3v) is 5.20. The summed E-state index contributed by atoms with van der Waals surface area (Å²) >= 11 is 11.9. The zero-order chi connectivity index (χ0) is 20.5. The van der Waals surface area contributed by atoms with Gasteiger partial charge in [-0.25, -0.2) is 18.4 Å². The molecule has 1 amide bonds. The van der Waals surface area contributed by atoms with Crippen LogP contribution < -0.4 is 5.32 Å². The summed E-state index contributed by atoms with van der Waals surface area (Å²) in [4.78, 5) is 16.3. The van der Waals surface area contributed by atoms with Crippen molar-refractivity contribution in [3.8, 4) is 0 Å². The highest BCUT2D eigenvalue weighted by Gasteiger charge is 2.29. The van der Waals surface area contributed by atoms with Gasteiger partial charge in [0.25, 0.3) is 6.43 Å². The van der Waals surface area contributed by atoms with Gasteiger partial charge in [-0.3, -0.25) is 14.8 Å². The van der Waals surface area contributed by atoms with Crippen molar-refractivity contribution < 1.29 is 13.6 Å². The molecule has 4 rings (SSSR count). The molecular weight excluding hydrogens is 425 g/mol. The minimum atomic E-state index is -2.70. The lowest BCUT2D eigenvalue weighted by atomic mass is 10.2. The summed E-state index contributed by atoms with van der Waals surface area (Å²) in [5.41, 5.74) is 1.20. The van der Waals surface area contributed by atoms with Gasteiger partial charge in [0.05, 0.1) is 22.3 Å². The topological polar surface area (TPSA) is 77.6 Å². The van der Waals surface area contributed by atoms with E-state index in [1.54, 1.807) is 18.2 Å². The van der Waals surface area contributed by atoms with Crippen molar-refractivity contribution in [1.82, 2.24) is 24.5 Å². The normalized spacial score (nSPS) is 13.8. The molecule has 7 nitrogen and oxygen atoms in total. The summed E-state index contributed by atoms with van der Waals surface area (Å²) in [6.45, 7) is 0.0346. The third-order valence-electron chi connectivity index (χ3n) is 4.46. The zero-order valence-electron chi connectivity index (χ0n) is 15.0. The van der Waals surface area contributed by atoms with Gasteiger partial charge in [0.2, 0.25) is 11.9 Å². The molecule has 152 valence electrons. The van der Waals surface area contributed by atoms with Gasteiger partial charge in [-0.05, 0) is 36.6 Å². The lowest BCUT2D eigenvalue weighted by molar-refractivity contribution is -0.117. The maximum atomic E-state index is 13.2. The van der Waals surface area contributed by atoms with Crippen molar-refractivity contribution >= 4 is 35.1 Å². The van der Waals surface area contributed by atoms with E-state index in [2.05, 4.69) is 20.5 Å². The van der Waals surface area contributed by atoms with Crippen LogP contribution in [0.15, 0.2) is 30.6 Å². The number of aromatic nitrogens is 5. The Morgan fingerprint density at radius 3 is 2.69 bits per heavy atom. The van der Waals surface area contributed by atoms with Gasteiger partial charge in [-0.15, -0.1) is 5.10 Å². The molecule has 1 saturated carbocycles. The van der Waals surface area contributed by atoms with Gasteiger partial charge in [0.15, 0.2) is 0 Å². The van der Waals surface area contributed by atoms with E-state index in [9.17, 15) is 13.6 Å². The van der Waals surface area contributed by atoms with E-state index in [-0.39, 0.29) is 24.1 Å². The number of nitrogens with one attached hydrogen (secondary N) is 1. The summed E-state index contributed by atoms with van der Waals surface area (Å²) in [5.74, 6) is -0.247. The average Bonchev–Trinajstić information content (AvgIpc) is 3.29. The highest BCUT2D eigenvalue weighted by atomic mass is 35.5. The maximum absolute atomic E-state index is 13.2. The molecule has 11 heteroatoms. The molecule has 2 aromatic heterocycles. The average molecular weight is 441 g/mol. The molecule has 0 bridgehead atoms. The highest BCUT2D eigenvalue weighted by molar-refractivity contribution is 6.42. The van der Waals surface area contributed by atoms with Crippen molar-refractivity contribution in [2.24, 2.45) is 0 Å². The Balaban J connectivity index is 1.40. The van der Waals surface area contributed by atoms with Crippen LogP contribution in [-0.2, 0) is 17.9 Å². The SMILES string of the molecule is O=C(Cn1nc(C2CC2)cc1C(F)F)Nc1ncn(Cc2ccc(Cl)c(Cl)c2)n1. The van der Waals surface area contributed by atoms with Crippen molar-refractivity contribution in [3.63, 3.8) is 0 Å². The molecule has 1 aliphatic rings. The Labute approximate surface area is 174 Å². The second-order valence-electron chi connectivity index (χ2n) is 6.79. The fourth-order valence-corrected chi connectivity index (χ4v) is 3.21. The Morgan fingerprint density at radius 2 is 2.00 bits per heavy atom. The molecule has 0 spiro atoms. The molecule has 0 saturated heterocycles. The van der Waals surface area contributed by atoms with Crippen molar-refractivity contribution in [2.45, 2.75) is 38.3 Å². The molecule has 0 unspecified atom stereocenters. The molecular formula is C18H16Cl2F2N6O. The largest absolute Gasteiger partial charge is 0.292 e. The first-order valence-corrected chi connectivity index (χ1v) is 9.63. The molecule has 1 fully saturated rings. The maximum Gasteiger partial charge on any atom is 0.280 e. The Bertz CT molecular complexity index is 1050. The number of amides is 1. The van der Waals surface area contributed by atoms with E-state index in [0.29, 0.717) is 22.3 Å². The Hall–Kier alpha value is -2.52. The molecule has 3 aromatic rings. The molecule has 0 atom stereocenters. The number of carbonyl (C=O) groups excluding carboxylic acids is 1. The summed E-state index contributed by atoms with van der Waals surface area (Å²) in [7, 11) is 0. The number of benzene rings is 1. The van der Waals surface area contributed by atoms with Crippen molar-refractivity contribution in [3.05, 3.63) is 57.6 Å². The van der Waals surface area contributed by atoms with Gasteiger partial charge >= 0.3 is 0 Å². The Morgan fingerprint density at radius 1 is 1.21 bits per heavy atom. The minimum Gasteiger partial charge on any atom is -0.292 e. The van der Waals surface area contributed by atoms with Crippen LogP contribution in [0.25, 0.3) is 0 Å². The fourth-order valence-electron chi connectivity index (χ4n) is 2.89. The van der Waals surface area contributed by atoms with Gasteiger partial charge in [-0.1, -0.05) is 29.3 Å². The van der Waals surface area contributed by atoms with Crippen LogP contribution in [0, 0.1) is 0 Å². The molecule has 1 aliphatic carbocycles. The Kier molecular flexibility index (Phi) is 5.51. The molecule has 2 heterocycles. The van der Waals surface area contributed by atoms with E-state index in [1.807, 2.05) is 0 Å². The van der Waals surface area contributed by atoms with Gasteiger partial charge in [0, 0.05) is 5.92 Å². The summed E-state index contributed by atoms with van der Waals surface area (Å²) < 4.78 is 29.0. The first kappa shape index (κ1) is 19.8. The molecule has 1 N–H and O–H groups in total. The number of alkyl halides is 2. The molecule has 0 radical (unpaired) electrons. The second kappa shape index (κ2) is 8.08. The number of hydrogen-bond donors (Lipinski definition) is 1. The van der Waals surface area contributed by atoms with E-state index < -0.39 is 12.3 Å². The molecule has 1 aromatic carbocycles. The quantitative estimate of drug-likeness (QED) is 0.594. The number of rotatable bonds is 7. The third kappa shape index (κ3) is 4.73. The van der Waals surface area contributed by atoms with Crippen LogP contribution in [-0.4, -0.2) is 30.5 Å². The summed E-state index contributed by atoms with van der Waals surface area (Å²) in [6.07, 6.45) is 0.617. The van der Waals surface area contributed by atoms with E-state index >= 15 is 0 Å². The van der Waals surface area contributed by atoms with E-state index in [4.69, 9.17) is 23.2 Å². The van der Waals surface area contributed by atoms with E-state index in [1.165, 1.54) is 17.1 Å². The number of nitrogens with zero attached hydrogens (tertiary/aromatic N) is 5. The van der Waals surface area contributed by atoms with Gasteiger partial charge < -0.3 is 0 Å². The predicted octanol–water partition coefficient (Wildman–Crippen LogP) is 4.28. The minimum absolute atomic E-state index is 0.0724. The van der Waals surface area contributed by atoms with Crippen LogP contribution in [0.5, 0.6) is 0 Å². The number of halogens is 4. The van der Waals surface area contributed by atoms with Crippen LogP contribution in [0.3, 0.4) is 0 Å². The summed E-state index contributed by atoms with van der Waals surface area (Å²) in [5, 5.41) is 11.7. The monoisotopic (exact) mass is 440 g/mol. The van der Waals surface area contributed by atoms with Crippen LogP contribution in [0.2, 0.25) is 10.0 Å². The highest BCUT2D eigenvalue weighted by Crippen LogP contribution is 2.40. The lowest BCUT2D eigenvalue weighted by Crippen LogP contribution is -2.22. The zero-order valence-corrected chi connectivity index (χ0v) is 16.5. The first-order chi connectivity index (χ1) is 13.9. The van der Waals surface area contributed by atoms with Crippen molar-refractivity contribution in [2.75, 3.05) is 5.32 Å². The van der Waals surface area contributed by atoms with Gasteiger partial charge in [-0.2, -0.15) is 5.10 Å². The van der Waals surface area contributed by atoms with E-state index in [0.717, 1.165) is 23.1 Å². The summed E-state index contributed by atoms with van der Waals surface area (Å²) in [6, 6.07) is 6.57. The smallest absolute Gasteiger partial charge is 0.280 e. The second-order valence-corrected chi connectivity index (χ2v) is 7.60. The van der Waals surface area contributed by atoms with Crippen LogP contribution in [0.1, 0.15) is 42.1 Å². The predicted molar refractivity (Wildman–Crippen MR) is 103 cm³/mol. The number of carbonyl (C=O) groups is 1. The van der Waals surface area contributed by atoms with Gasteiger partial charge in [0.1, 0.15) is 18.6 Å². The lowest BCUT2D eigenvalue weighted by Gasteiger charge is -2.06. The van der Waals surface area contributed by atoms with Crippen molar-refractivity contribution in [1.29, 1.82) is 0 Å². The fraction of sp³-hybridized carbons (Fsp3) is 0.333. The van der Waals surface area contributed by atoms with Crippen LogP contribution >= 0.6 is 23.2 Å². The number of hydrogen-bond acceptors (Lipinski definition) is 4.